The van der Waals surface area contributed by atoms with Crippen LogP contribution in [0.3, 0.4) is 0 Å². The summed E-state index contributed by atoms with van der Waals surface area (Å²) in [6, 6.07) is 4.14. The highest BCUT2D eigenvalue weighted by atomic mass is 35.5. The van der Waals surface area contributed by atoms with E-state index in [0.717, 1.165) is 49.1 Å². The Labute approximate surface area is 130 Å². The van der Waals surface area contributed by atoms with Crippen LogP contribution in [0.25, 0.3) is 0 Å². The summed E-state index contributed by atoms with van der Waals surface area (Å²) in [7, 11) is 0. The van der Waals surface area contributed by atoms with E-state index in [1.807, 2.05) is 6.07 Å². The minimum absolute atomic E-state index is 0. The Kier molecular flexibility index (Phi) is 3.59. The maximum atomic E-state index is 6.31. The molecule has 0 amide bonds. The average Bonchev–Trinajstić information content (AvgIpc) is 2.97. The first kappa shape index (κ1) is 14.0. The minimum Gasteiger partial charge on any atom is -0.493 e. The van der Waals surface area contributed by atoms with E-state index in [4.69, 9.17) is 16.3 Å². The third-order valence-corrected chi connectivity index (χ3v) is 4.70. The van der Waals surface area contributed by atoms with Crippen LogP contribution in [0.15, 0.2) is 17.1 Å². The molecule has 1 fully saturated rings. The number of hydrogen-bond donors (Lipinski definition) is 1. The molecular weight excluding hydrogens is 295 g/mol. The van der Waals surface area contributed by atoms with Crippen LogP contribution in [0.2, 0.25) is 5.02 Å². The van der Waals surface area contributed by atoms with E-state index in [1.165, 1.54) is 24.0 Å². The number of hydrogen-bond acceptors (Lipinski definition) is 3. The van der Waals surface area contributed by atoms with Crippen LogP contribution < -0.4 is 10.1 Å². The fourth-order valence-corrected chi connectivity index (χ4v) is 3.49. The van der Waals surface area contributed by atoms with Crippen LogP contribution in [0, 0.1) is 0 Å². The lowest BCUT2D eigenvalue weighted by molar-refractivity contribution is 0.258. The molecule has 1 aromatic carbocycles. The van der Waals surface area contributed by atoms with Gasteiger partial charge in [0.2, 0.25) is 0 Å². The van der Waals surface area contributed by atoms with Crippen LogP contribution in [0.4, 0.5) is 0 Å². The second kappa shape index (κ2) is 5.12. The number of fused-ring (bicyclic) bond motifs is 2. The van der Waals surface area contributed by atoms with Gasteiger partial charge in [-0.15, -0.1) is 12.4 Å². The number of halogens is 2. The Morgan fingerprint density at radius 2 is 2.15 bits per heavy atom. The maximum absolute atomic E-state index is 6.31. The average molecular weight is 313 g/mol. The first-order valence-corrected chi connectivity index (χ1v) is 7.38. The van der Waals surface area contributed by atoms with E-state index < -0.39 is 0 Å². The van der Waals surface area contributed by atoms with Crippen LogP contribution in [0.1, 0.15) is 30.4 Å². The molecule has 0 saturated heterocycles. The summed E-state index contributed by atoms with van der Waals surface area (Å²) < 4.78 is 5.95. The second-order valence-electron chi connectivity index (χ2n) is 5.75. The van der Waals surface area contributed by atoms with E-state index in [-0.39, 0.29) is 12.4 Å². The van der Waals surface area contributed by atoms with Crippen molar-refractivity contribution < 1.29 is 4.74 Å². The maximum Gasteiger partial charge on any atom is 0.126 e. The first-order chi connectivity index (χ1) is 9.27. The topological polar surface area (TPSA) is 33.6 Å². The van der Waals surface area contributed by atoms with Gasteiger partial charge in [0.25, 0.3) is 0 Å². The van der Waals surface area contributed by atoms with Gasteiger partial charge in [0.15, 0.2) is 0 Å². The van der Waals surface area contributed by atoms with Crippen LogP contribution in [0.5, 0.6) is 5.75 Å². The van der Waals surface area contributed by atoms with E-state index >= 15 is 0 Å². The van der Waals surface area contributed by atoms with Crippen molar-refractivity contribution in [2.24, 2.45) is 4.99 Å². The minimum atomic E-state index is 0. The van der Waals surface area contributed by atoms with Crippen molar-refractivity contribution in [1.82, 2.24) is 5.32 Å². The number of aliphatic imine (C=N–C) groups is 1. The molecule has 1 saturated carbocycles. The van der Waals surface area contributed by atoms with Gasteiger partial charge in [0.1, 0.15) is 11.6 Å². The normalized spacial score (nSPS) is 21.4. The van der Waals surface area contributed by atoms with Gasteiger partial charge in [-0.05, 0) is 31.4 Å². The monoisotopic (exact) mass is 312 g/mol. The quantitative estimate of drug-likeness (QED) is 0.910. The highest BCUT2D eigenvalue weighted by molar-refractivity contribution is 6.30. The predicted molar refractivity (Wildman–Crippen MR) is 83.7 cm³/mol. The molecule has 1 N–H and O–H groups in total. The lowest BCUT2D eigenvalue weighted by Gasteiger charge is -2.28. The van der Waals surface area contributed by atoms with E-state index in [9.17, 15) is 0 Å². The third kappa shape index (κ3) is 2.27. The van der Waals surface area contributed by atoms with Gasteiger partial charge in [-0.2, -0.15) is 0 Å². The second-order valence-corrected chi connectivity index (χ2v) is 6.19. The van der Waals surface area contributed by atoms with Gasteiger partial charge >= 0.3 is 0 Å². The fraction of sp³-hybridized carbons (Fsp3) is 0.533. The third-order valence-electron chi connectivity index (χ3n) is 4.48. The standard InChI is InChI=1S/C15H17ClN2O.ClH/c16-11-7-10(8-13-17-4-5-18-13)14-12(9-11)15(1-2-15)3-6-19-14;/h7,9H,1-6,8H2,(H,17,18);1H. The molecule has 5 heteroatoms. The Morgan fingerprint density at radius 3 is 2.85 bits per heavy atom. The van der Waals surface area contributed by atoms with Crippen LogP contribution in [-0.2, 0) is 11.8 Å². The van der Waals surface area contributed by atoms with Crippen molar-refractivity contribution in [2.45, 2.75) is 31.1 Å². The van der Waals surface area contributed by atoms with Crippen molar-refractivity contribution in [3.63, 3.8) is 0 Å². The fourth-order valence-electron chi connectivity index (χ4n) is 3.24. The van der Waals surface area contributed by atoms with Crippen molar-refractivity contribution in [2.75, 3.05) is 19.7 Å². The molecule has 0 radical (unpaired) electrons. The zero-order valence-electron chi connectivity index (χ0n) is 11.2. The lowest BCUT2D eigenvalue weighted by Crippen LogP contribution is -2.24. The van der Waals surface area contributed by atoms with Crippen molar-refractivity contribution in [3.05, 3.63) is 28.3 Å². The van der Waals surface area contributed by atoms with E-state index in [1.54, 1.807) is 0 Å². The molecule has 20 heavy (non-hydrogen) atoms. The summed E-state index contributed by atoms with van der Waals surface area (Å²) in [6.07, 6.45) is 4.50. The first-order valence-electron chi connectivity index (χ1n) is 7.00. The molecular formula is C15H18Cl2N2O. The van der Waals surface area contributed by atoms with Crippen molar-refractivity contribution >= 4 is 29.8 Å². The van der Waals surface area contributed by atoms with Gasteiger partial charge in [-0.25, -0.2) is 0 Å². The zero-order valence-corrected chi connectivity index (χ0v) is 12.8. The molecule has 3 aliphatic rings. The van der Waals surface area contributed by atoms with Crippen LogP contribution >= 0.6 is 24.0 Å². The SMILES string of the molecule is Cl.Clc1cc(CC2=NCCN2)c2c(c1)C1(CCO2)CC1. The summed E-state index contributed by atoms with van der Waals surface area (Å²) in [5.74, 6) is 2.13. The molecule has 1 spiro atoms. The number of amidine groups is 1. The van der Waals surface area contributed by atoms with Gasteiger partial charge in [-0.1, -0.05) is 11.6 Å². The molecule has 0 unspecified atom stereocenters. The largest absolute Gasteiger partial charge is 0.493 e. The van der Waals surface area contributed by atoms with Crippen molar-refractivity contribution in [3.8, 4) is 5.75 Å². The van der Waals surface area contributed by atoms with Crippen molar-refractivity contribution in [1.29, 1.82) is 0 Å². The Morgan fingerprint density at radius 1 is 1.30 bits per heavy atom. The number of nitrogens with one attached hydrogen (secondary N) is 1. The molecule has 3 nitrogen and oxygen atoms in total. The van der Waals surface area contributed by atoms with E-state index in [0.29, 0.717) is 5.41 Å². The molecule has 1 aliphatic carbocycles. The lowest BCUT2D eigenvalue weighted by atomic mass is 9.88. The van der Waals surface area contributed by atoms with Gasteiger partial charge in [-0.3, -0.25) is 4.99 Å². The highest BCUT2D eigenvalue weighted by Crippen LogP contribution is 2.57. The predicted octanol–water partition coefficient (Wildman–Crippen LogP) is 3.12. The number of nitrogens with zero attached hydrogens (tertiary/aromatic N) is 1. The zero-order chi connectivity index (χ0) is 12.9. The molecule has 0 bridgehead atoms. The Hall–Kier alpha value is -0.930. The highest BCUT2D eigenvalue weighted by Gasteiger charge is 2.48. The number of benzene rings is 1. The molecule has 4 rings (SSSR count). The van der Waals surface area contributed by atoms with Gasteiger partial charge in [0, 0.05) is 34.5 Å². The Bertz CT molecular complexity index is 567. The van der Waals surface area contributed by atoms with E-state index in [2.05, 4.69) is 16.4 Å². The summed E-state index contributed by atoms with van der Waals surface area (Å²) in [5, 5.41) is 4.14. The molecule has 1 aromatic rings. The van der Waals surface area contributed by atoms with Crippen LogP contribution in [-0.4, -0.2) is 25.5 Å². The molecule has 0 atom stereocenters. The molecule has 2 aliphatic heterocycles. The molecule has 108 valence electrons. The Balaban J connectivity index is 0.00000121. The molecule has 0 aromatic heterocycles. The number of ether oxygens (including phenoxy) is 1. The summed E-state index contributed by atoms with van der Waals surface area (Å²) in [5.41, 5.74) is 2.89. The summed E-state index contributed by atoms with van der Waals surface area (Å²) >= 11 is 6.31. The summed E-state index contributed by atoms with van der Waals surface area (Å²) in [6.45, 7) is 2.66. The number of rotatable bonds is 2. The van der Waals surface area contributed by atoms with Gasteiger partial charge in [0.05, 0.1) is 13.2 Å². The smallest absolute Gasteiger partial charge is 0.126 e. The molecule has 2 heterocycles. The van der Waals surface area contributed by atoms with Gasteiger partial charge < -0.3 is 10.1 Å². The summed E-state index contributed by atoms with van der Waals surface area (Å²) in [4.78, 5) is 4.47.